The summed E-state index contributed by atoms with van der Waals surface area (Å²) >= 11 is 0. The van der Waals surface area contributed by atoms with Gasteiger partial charge in [-0.3, -0.25) is 4.79 Å². The van der Waals surface area contributed by atoms with Crippen LogP contribution in [0.2, 0.25) is 0 Å². The van der Waals surface area contributed by atoms with Gasteiger partial charge in [0.05, 0.1) is 12.1 Å². The molecule has 0 bridgehead atoms. The number of aryl methyl sites for hydroxylation is 6. The van der Waals surface area contributed by atoms with E-state index in [9.17, 15) is 4.79 Å². The molecule has 0 saturated carbocycles. The Morgan fingerprint density at radius 1 is 0.919 bits per heavy atom. The summed E-state index contributed by atoms with van der Waals surface area (Å²) in [4.78, 5) is 15.8. The number of nitrogens with two attached hydrogens (primary N) is 1. The molecule has 196 valence electrons. The van der Waals surface area contributed by atoms with E-state index < -0.39 is 6.04 Å². The monoisotopic (exact) mass is 497 g/mol. The Morgan fingerprint density at radius 3 is 2.05 bits per heavy atom. The van der Waals surface area contributed by atoms with Gasteiger partial charge in [-0.1, -0.05) is 47.5 Å². The van der Waals surface area contributed by atoms with Crippen molar-refractivity contribution in [2.75, 3.05) is 18.4 Å². The van der Waals surface area contributed by atoms with Gasteiger partial charge in [-0.15, -0.1) is 0 Å². The molecular formula is C33H43N3O. The van der Waals surface area contributed by atoms with Crippen molar-refractivity contribution >= 4 is 11.6 Å². The number of carbonyl (C=O) groups is 1. The predicted molar refractivity (Wildman–Crippen MR) is 155 cm³/mol. The summed E-state index contributed by atoms with van der Waals surface area (Å²) in [6.45, 7) is 16.5. The summed E-state index contributed by atoms with van der Waals surface area (Å²) in [6, 6.07) is 15.1. The number of likely N-dealkylation sites (N-methyl/N-ethyl adjacent to an activating group) is 1. The normalized spacial score (nSPS) is 15.6. The quantitative estimate of drug-likeness (QED) is 0.397. The molecule has 1 amide bonds. The van der Waals surface area contributed by atoms with Crippen LogP contribution in [0.1, 0.15) is 75.0 Å². The molecule has 0 saturated heterocycles. The Hall–Kier alpha value is -3.11. The predicted octanol–water partition coefficient (Wildman–Crippen LogP) is 6.40. The van der Waals surface area contributed by atoms with Gasteiger partial charge in [0.15, 0.2) is 0 Å². The lowest BCUT2D eigenvalue weighted by atomic mass is 9.89. The zero-order valence-electron chi connectivity index (χ0n) is 23.7. The Kier molecular flexibility index (Phi) is 8.08. The molecule has 1 heterocycles. The van der Waals surface area contributed by atoms with Crippen LogP contribution in [0.5, 0.6) is 0 Å². The average molecular weight is 498 g/mol. The topological polar surface area (TPSA) is 58.4 Å². The van der Waals surface area contributed by atoms with Crippen LogP contribution >= 0.6 is 0 Å². The number of carbonyl (C=O) groups excluding carboxylic acids is 1. The van der Waals surface area contributed by atoms with Crippen molar-refractivity contribution in [2.45, 2.75) is 79.8 Å². The smallest absolute Gasteiger partial charge is 0.240 e. The van der Waals surface area contributed by atoms with Crippen LogP contribution in [-0.4, -0.2) is 29.9 Å². The molecule has 1 aliphatic rings. The van der Waals surface area contributed by atoms with Crippen molar-refractivity contribution in [2.24, 2.45) is 5.73 Å². The van der Waals surface area contributed by atoms with Crippen LogP contribution in [0.25, 0.3) is 0 Å². The first-order valence-electron chi connectivity index (χ1n) is 13.6. The van der Waals surface area contributed by atoms with E-state index in [0.29, 0.717) is 13.0 Å². The first-order valence-corrected chi connectivity index (χ1v) is 13.6. The van der Waals surface area contributed by atoms with Gasteiger partial charge in [0.1, 0.15) is 0 Å². The molecule has 3 aromatic rings. The van der Waals surface area contributed by atoms with Crippen molar-refractivity contribution in [3.8, 4) is 0 Å². The molecule has 37 heavy (non-hydrogen) atoms. The maximum atomic E-state index is 13.8. The zero-order valence-corrected chi connectivity index (χ0v) is 23.7. The molecule has 0 fully saturated rings. The molecule has 3 aromatic carbocycles. The number of nitrogens with one attached hydrogen (secondary N) is 1. The number of hydrogen-bond donors (Lipinski definition) is 2. The minimum Gasteiger partial charge on any atom is -0.385 e. The molecule has 0 aromatic heterocycles. The number of rotatable bonds is 7. The largest absolute Gasteiger partial charge is 0.385 e. The van der Waals surface area contributed by atoms with Gasteiger partial charge in [0, 0.05) is 18.8 Å². The average Bonchev–Trinajstić information content (AvgIpc) is 2.84. The molecule has 0 aliphatic carbocycles. The van der Waals surface area contributed by atoms with E-state index in [4.69, 9.17) is 5.73 Å². The molecule has 0 radical (unpaired) electrons. The number of fused-ring (bicyclic) bond motifs is 1. The highest BCUT2D eigenvalue weighted by Crippen LogP contribution is 2.36. The zero-order chi connectivity index (χ0) is 26.9. The molecule has 2 unspecified atom stereocenters. The van der Waals surface area contributed by atoms with Crippen molar-refractivity contribution in [3.63, 3.8) is 0 Å². The van der Waals surface area contributed by atoms with E-state index in [1.165, 1.54) is 55.6 Å². The third kappa shape index (κ3) is 5.75. The van der Waals surface area contributed by atoms with Gasteiger partial charge in [0.2, 0.25) is 5.91 Å². The van der Waals surface area contributed by atoms with Crippen molar-refractivity contribution in [1.29, 1.82) is 0 Å². The van der Waals surface area contributed by atoms with E-state index >= 15 is 0 Å². The molecular weight excluding hydrogens is 454 g/mol. The van der Waals surface area contributed by atoms with Gasteiger partial charge in [0.25, 0.3) is 0 Å². The van der Waals surface area contributed by atoms with Crippen LogP contribution in [0, 0.1) is 41.5 Å². The van der Waals surface area contributed by atoms with Gasteiger partial charge < -0.3 is 16.0 Å². The van der Waals surface area contributed by atoms with E-state index in [-0.39, 0.29) is 11.9 Å². The maximum Gasteiger partial charge on any atom is 0.240 e. The highest BCUT2D eigenvalue weighted by Gasteiger charge is 2.31. The fourth-order valence-electron chi connectivity index (χ4n) is 6.26. The lowest BCUT2D eigenvalue weighted by molar-refractivity contribution is -0.135. The highest BCUT2D eigenvalue weighted by molar-refractivity contribution is 5.83. The van der Waals surface area contributed by atoms with Crippen molar-refractivity contribution in [3.05, 3.63) is 98.1 Å². The second kappa shape index (κ2) is 11.1. The Morgan fingerprint density at radius 2 is 1.49 bits per heavy atom. The minimum absolute atomic E-state index is 0.0279. The van der Waals surface area contributed by atoms with Gasteiger partial charge >= 0.3 is 0 Å². The van der Waals surface area contributed by atoms with Crippen molar-refractivity contribution < 1.29 is 4.79 Å². The molecule has 4 heteroatoms. The summed E-state index contributed by atoms with van der Waals surface area (Å²) in [6.07, 6.45) is 2.34. The van der Waals surface area contributed by atoms with E-state index in [1.54, 1.807) is 0 Å². The summed E-state index contributed by atoms with van der Waals surface area (Å²) < 4.78 is 0. The molecule has 4 rings (SSSR count). The number of amides is 1. The summed E-state index contributed by atoms with van der Waals surface area (Å²) in [5, 5.41) is 3.55. The number of benzene rings is 3. The molecule has 4 nitrogen and oxygen atoms in total. The Balaban J connectivity index is 1.60. The molecule has 1 aliphatic heterocycles. The van der Waals surface area contributed by atoms with Crippen LogP contribution in [0.15, 0.2) is 42.5 Å². The van der Waals surface area contributed by atoms with Crippen LogP contribution in [0.4, 0.5) is 5.69 Å². The fourth-order valence-corrected chi connectivity index (χ4v) is 6.26. The number of anilines is 1. The molecule has 0 spiro atoms. The second-order valence-corrected chi connectivity index (χ2v) is 11.0. The van der Waals surface area contributed by atoms with Crippen LogP contribution < -0.4 is 11.1 Å². The summed E-state index contributed by atoms with van der Waals surface area (Å²) in [5.74, 6) is 0.0374. The van der Waals surface area contributed by atoms with E-state index in [1.807, 2.05) is 4.90 Å². The lowest BCUT2D eigenvalue weighted by Gasteiger charge is -2.37. The number of hydrogen-bond acceptors (Lipinski definition) is 3. The first-order chi connectivity index (χ1) is 17.6. The standard InChI is InChI=1S/C33H43N3O/c1-8-36(33(37)30(34)19-28-24(6)15-21(3)16-25(28)7)32-11-12-35-31-10-9-26(18-29(31)32)17-27-22(4)13-20(2)14-23(27)5/h9-10,13-16,18,30,32,35H,8,11-12,17,19,34H2,1-7H3. The van der Waals surface area contributed by atoms with E-state index in [0.717, 1.165) is 25.1 Å². The lowest BCUT2D eigenvalue weighted by Crippen LogP contribution is -2.47. The third-order valence-corrected chi connectivity index (χ3v) is 8.01. The Labute approximate surface area is 223 Å². The SMILES string of the molecule is CCN(C(=O)C(N)Cc1c(C)cc(C)cc1C)C1CCNc2ccc(Cc3c(C)cc(C)cc3C)cc21. The molecule has 3 N–H and O–H groups in total. The maximum absolute atomic E-state index is 13.8. The van der Waals surface area contributed by atoms with Crippen LogP contribution in [0.3, 0.4) is 0 Å². The van der Waals surface area contributed by atoms with Gasteiger partial charge in [-0.2, -0.15) is 0 Å². The number of nitrogens with zero attached hydrogens (tertiary/aromatic N) is 1. The Bertz CT molecular complexity index is 1260. The van der Waals surface area contributed by atoms with Crippen LogP contribution in [-0.2, 0) is 17.6 Å². The molecule has 2 atom stereocenters. The first kappa shape index (κ1) is 26.9. The van der Waals surface area contributed by atoms with Gasteiger partial charge in [-0.25, -0.2) is 0 Å². The highest BCUT2D eigenvalue weighted by atomic mass is 16.2. The second-order valence-electron chi connectivity index (χ2n) is 11.0. The summed E-state index contributed by atoms with van der Waals surface area (Å²) in [7, 11) is 0. The van der Waals surface area contributed by atoms with Crippen molar-refractivity contribution in [1.82, 2.24) is 4.90 Å². The van der Waals surface area contributed by atoms with E-state index in [2.05, 4.69) is 96.2 Å². The minimum atomic E-state index is -0.556. The third-order valence-electron chi connectivity index (χ3n) is 8.01. The van der Waals surface area contributed by atoms with Gasteiger partial charge in [-0.05, 0) is 118 Å². The fraction of sp³-hybridized carbons (Fsp3) is 0.424. The summed E-state index contributed by atoms with van der Waals surface area (Å²) in [5.41, 5.74) is 20.4.